The number of alkyl halides is 3. The zero-order valence-corrected chi connectivity index (χ0v) is 15.7. The molecule has 8 nitrogen and oxygen atoms in total. The Kier molecular flexibility index (Phi) is 4.07. The summed E-state index contributed by atoms with van der Waals surface area (Å²) in [6.45, 7) is 2.51. The second-order valence-electron chi connectivity index (χ2n) is 7.77. The van der Waals surface area contributed by atoms with Crippen LogP contribution in [0.4, 0.5) is 13.2 Å². The first-order valence-electron chi connectivity index (χ1n) is 9.07. The Morgan fingerprint density at radius 1 is 1.29 bits per heavy atom. The molecule has 152 valence electrons. The van der Waals surface area contributed by atoms with Gasteiger partial charge in [-0.15, -0.1) is 10.2 Å². The van der Waals surface area contributed by atoms with Crippen molar-refractivity contribution in [3.05, 3.63) is 29.1 Å². The molecule has 1 amide bonds. The first-order valence-corrected chi connectivity index (χ1v) is 9.07. The van der Waals surface area contributed by atoms with Gasteiger partial charge in [0.1, 0.15) is 5.69 Å². The SMILES string of the molecule is C[C@H]1CN(C(=O)c2cc(C3CC3)nn2C)Cc2nnc(C(C)(O)C(F)(F)F)n21. The van der Waals surface area contributed by atoms with Gasteiger partial charge < -0.3 is 14.6 Å². The summed E-state index contributed by atoms with van der Waals surface area (Å²) >= 11 is 0. The van der Waals surface area contributed by atoms with E-state index in [1.54, 1.807) is 24.7 Å². The van der Waals surface area contributed by atoms with Crippen LogP contribution in [0.1, 0.15) is 66.5 Å². The summed E-state index contributed by atoms with van der Waals surface area (Å²) in [5, 5.41) is 21.8. The van der Waals surface area contributed by atoms with Crippen molar-refractivity contribution in [2.24, 2.45) is 7.05 Å². The molecule has 28 heavy (non-hydrogen) atoms. The van der Waals surface area contributed by atoms with Crippen LogP contribution in [0.3, 0.4) is 0 Å². The number of hydrogen-bond acceptors (Lipinski definition) is 5. The van der Waals surface area contributed by atoms with Crippen LogP contribution in [0.5, 0.6) is 0 Å². The fourth-order valence-corrected chi connectivity index (χ4v) is 3.57. The number of hydrogen-bond donors (Lipinski definition) is 1. The lowest BCUT2D eigenvalue weighted by Gasteiger charge is -2.34. The van der Waals surface area contributed by atoms with E-state index in [-0.39, 0.29) is 24.8 Å². The molecule has 0 saturated heterocycles. The summed E-state index contributed by atoms with van der Waals surface area (Å²) in [5.74, 6) is -0.210. The van der Waals surface area contributed by atoms with E-state index in [0.717, 1.165) is 18.5 Å². The van der Waals surface area contributed by atoms with Crippen molar-refractivity contribution in [2.45, 2.75) is 57.0 Å². The first-order chi connectivity index (χ1) is 13.0. The highest BCUT2D eigenvalue weighted by Crippen LogP contribution is 2.40. The Balaban J connectivity index is 1.62. The molecule has 0 spiro atoms. The number of carbonyl (C=O) groups excluding carboxylic acids is 1. The van der Waals surface area contributed by atoms with Gasteiger partial charge in [0, 0.05) is 19.5 Å². The number of amides is 1. The van der Waals surface area contributed by atoms with Crippen LogP contribution in [0.15, 0.2) is 6.07 Å². The van der Waals surface area contributed by atoms with E-state index in [9.17, 15) is 23.1 Å². The Morgan fingerprint density at radius 3 is 2.57 bits per heavy atom. The quantitative estimate of drug-likeness (QED) is 0.853. The van der Waals surface area contributed by atoms with Crippen molar-refractivity contribution in [1.29, 1.82) is 0 Å². The smallest absolute Gasteiger partial charge is 0.374 e. The minimum Gasteiger partial charge on any atom is -0.374 e. The highest BCUT2D eigenvalue weighted by atomic mass is 19.4. The Hall–Kier alpha value is -2.43. The summed E-state index contributed by atoms with van der Waals surface area (Å²) in [6.07, 6.45) is -2.76. The molecule has 2 aromatic heterocycles. The summed E-state index contributed by atoms with van der Waals surface area (Å²) in [4.78, 5) is 14.5. The van der Waals surface area contributed by atoms with Gasteiger partial charge in [0.15, 0.2) is 11.6 Å². The predicted octanol–water partition coefficient (Wildman–Crippen LogP) is 1.88. The Labute approximate surface area is 159 Å². The largest absolute Gasteiger partial charge is 0.424 e. The Bertz CT molecular complexity index is 928. The number of halogens is 3. The van der Waals surface area contributed by atoms with E-state index in [2.05, 4.69) is 15.3 Å². The standard InChI is InChI=1S/C17H21F3N6O2/c1-9-7-25(14(27)12-6-11(10-4-5-10)23-24(12)3)8-13-21-22-15(26(9)13)16(2,28)17(18,19)20/h6,9-10,28H,4-5,7-8H2,1-3H3/t9-,16?/m0/s1. The van der Waals surface area contributed by atoms with Crippen LogP contribution < -0.4 is 0 Å². The van der Waals surface area contributed by atoms with Crippen molar-refractivity contribution in [3.63, 3.8) is 0 Å². The van der Waals surface area contributed by atoms with Crippen LogP contribution in [0.25, 0.3) is 0 Å². The third-order valence-corrected chi connectivity index (χ3v) is 5.41. The van der Waals surface area contributed by atoms with E-state index in [0.29, 0.717) is 18.5 Å². The van der Waals surface area contributed by atoms with Gasteiger partial charge in [-0.05, 0) is 32.8 Å². The lowest BCUT2D eigenvalue weighted by atomic mass is 10.0. The molecule has 0 bridgehead atoms. The number of aromatic nitrogens is 5. The van der Waals surface area contributed by atoms with Gasteiger partial charge in [0.2, 0.25) is 5.60 Å². The lowest BCUT2D eigenvalue weighted by molar-refractivity contribution is -0.263. The van der Waals surface area contributed by atoms with Gasteiger partial charge in [-0.3, -0.25) is 9.48 Å². The average molecular weight is 398 g/mol. The fraction of sp³-hybridized carbons (Fsp3) is 0.647. The van der Waals surface area contributed by atoms with Crippen molar-refractivity contribution in [3.8, 4) is 0 Å². The maximum absolute atomic E-state index is 13.2. The third-order valence-electron chi connectivity index (χ3n) is 5.41. The summed E-state index contributed by atoms with van der Waals surface area (Å²) in [7, 11) is 1.70. The zero-order valence-electron chi connectivity index (χ0n) is 15.7. The Morgan fingerprint density at radius 2 is 1.96 bits per heavy atom. The van der Waals surface area contributed by atoms with Crippen LogP contribution in [-0.2, 0) is 19.2 Å². The number of rotatable bonds is 3. The summed E-state index contributed by atoms with van der Waals surface area (Å²) < 4.78 is 42.5. The van der Waals surface area contributed by atoms with Gasteiger partial charge in [-0.25, -0.2) is 0 Å². The molecule has 3 heterocycles. The van der Waals surface area contributed by atoms with Gasteiger partial charge in [-0.1, -0.05) is 0 Å². The second kappa shape index (κ2) is 6.03. The van der Waals surface area contributed by atoms with Crippen molar-refractivity contribution < 1.29 is 23.1 Å². The highest BCUT2D eigenvalue weighted by molar-refractivity contribution is 5.92. The molecule has 1 saturated carbocycles. The summed E-state index contributed by atoms with van der Waals surface area (Å²) in [6, 6.07) is 1.26. The highest BCUT2D eigenvalue weighted by Gasteiger charge is 2.55. The van der Waals surface area contributed by atoms with E-state index in [4.69, 9.17) is 0 Å². The fourth-order valence-electron chi connectivity index (χ4n) is 3.57. The molecule has 1 fully saturated rings. The molecule has 4 rings (SSSR count). The molecular weight excluding hydrogens is 377 g/mol. The van der Waals surface area contributed by atoms with Crippen LogP contribution in [0, 0.1) is 0 Å². The number of carbonyl (C=O) groups is 1. The predicted molar refractivity (Wildman–Crippen MR) is 90.3 cm³/mol. The second-order valence-corrected chi connectivity index (χ2v) is 7.77. The maximum atomic E-state index is 13.2. The minimum absolute atomic E-state index is 0.00799. The van der Waals surface area contributed by atoms with Gasteiger partial charge in [0.05, 0.1) is 18.3 Å². The number of fused-ring (bicyclic) bond motifs is 1. The molecule has 1 aliphatic carbocycles. The number of nitrogens with zero attached hydrogens (tertiary/aromatic N) is 6. The molecule has 1 N–H and O–H groups in total. The third kappa shape index (κ3) is 2.88. The molecular formula is C17H21F3N6O2. The monoisotopic (exact) mass is 398 g/mol. The van der Waals surface area contributed by atoms with E-state index in [1.165, 1.54) is 9.47 Å². The van der Waals surface area contributed by atoms with E-state index in [1.807, 2.05) is 0 Å². The van der Waals surface area contributed by atoms with Gasteiger partial charge in [-0.2, -0.15) is 18.3 Å². The minimum atomic E-state index is -4.89. The molecule has 1 aliphatic heterocycles. The van der Waals surface area contributed by atoms with Crippen LogP contribution in [-0.4, -0.2) is 53.2 Å². The average Bonchev–Trinajstić information content (AvgIpc) is 3.23. The number of aliphatic hydroxyl groups is 1. The number of aryl methyl sites for hydroxylation is 1. The molecule has 0 aromatic carbocycles. The van der Waals surface area contributed by atoms with Crippen LogP contribution >= 0.6 is 0 Å². The van der Waals surface area contributed by atoms with Crippen molar-refractivity contribution >= 4 is 5.91 Å². The maximum Gasteiger partial charge on any atom is 0.424 e. The molecule has 2 aliphatic rings. The normalized spacial score (nSPS) is 22.1. The van der Waals surface area contributed by atoms with Gasteiger partial charge in [0.25, 0.3) is 5.91 Å². The molecule has 2 aromatic rings. The van der Waals surface area contributed by atoms with Gasteiger partial charge >= 0.3 is 6.18 Å². The topological polar surface area (TPSA) is 89.1 Å². The van der Waals surface area contributed by atoms with Crippen LogP contribution in [0.2, 0.25) is 0 Å². The zero-order chi connectivity index (χ0) is 20.4. The van der Waals surface area contributed by atoms with Crippen molar-refractivity contribution in [1.82, 2.24) is 29.4 Å². The lowest BCUT2D eigenvalue weighted by Crippen LogP contribution is -2.46. The molecule has 11 heteroatoms. The van der Waals surface area contributed by atoms with E-state index >= 15 is 0 Å². The van der Waals surface area contributed by atoms with Crippen molar-refractivity contribution in [2.75, 3.05) is 6.54 Å². The first kappa shape index (κ1) is 18.9. The van der Waals surface area contributed by atoms with E-state index < -0.39 is 23.6 Å². The molecule has 2 atom stereocenters. The molecule has 1 unspecified atom stereocenters. The summed E-state index contributed by atoms with van der Waals surface area (Å²) in [5.41, 5.74) is -1.80. The molecule has 0 radical (unpaired) electrons.